The van der Waals surface area contributed by atoms with Gasteiger partial charge in [-0.15, -0.1) is 0 Å². The van der Waals surface area contributed by atoms with Crippen molar-refractivity contribution in [3.05, 3.63) is 53.5 Å². The minimum Gasteiger partial charge on any atom is -0.306 e. The molecule has 2 aromatic heterocycles. The second kappa shape index (κ2) is 4.74. The molecule has 0 bridgehead atoms. The standard InChI is InChI=1S/C13H13N3O/c1-9-4-3-6-15-12(9)16-13(17)11-5-7-14-10(2)8-11/h3-8H,1-2H3,(H,15,16,17). The lowest BCUT2D eigenvalue weighted by Crippen LogP contribution is -2.14. The van der Waals surface area contributed by atoms with E-state index in [4.69, 9.17) is 0 Å². The van der Waals surface area contributed by atoms with Gasteiger partial charge in [0, 0.05) is 23.7 Å². The quantitative estimate of drug-likeness (QED) is 0.856. The number of hydrogen-bond donors (Lipinski definition) is 1. The Morgan fingerprint density at radius 3 is 2.71 bits per heavy atom. The summed E-state index contributed by atoms with van der Waals surface area (Å²) in [6.45, 7) is 3.75. The average molecular weight is 227 g/mol. The minimum atomic E-state index is -0.169. The van der Waals surface area contributed by atoms with Gasteiger partial charge in [0.25, 0.3) is 5.91 Å². The molecule has 0 saturated carbocycles. The van der Waals surface area contributed by atoms with Crippen LogP contribution in [0.2, 0.25) is 0 Å². The summed E-state index contributed by atoms with van der Waals surface area (Å²) in [6.07, 6.45) is 3.27. The molecule has 17 heavy (non-hydrogen) atoms. The molecule has 86 valence electrons. The molecule has 0 unspecified atom stereocenters. The topological polar surface area (TPSA) is 54.9 Å². The average Bonchev–Trinajstić information content (AvgIpc) is 2.32. The van der Waals surface area contributed by atoms with Crippen LogP contribution in [0.1, 0.15) is 21.6 Å². The SMILES string of the molecule is Cc1cc(C(=O)Nc2ncccc2C)ccn1. The number of pyridine rings is 2. The summed E-state index contributed by atoms with van der Waals surface area (Å²) in [4.78, 5) is 20.1. The number of rotatable bonds is 2. The largest absolute Gasteiger partial charge is 0.306 e. The smallest absolute Gasteiger partial charge is 0.256 e. The van der Waals surface area contributed by atoms with Gasteiger partial charge >= 0.3 is 0 Å². The molecule has 0 aliphatic rings. The Bertz CT molecular complexity index is 552. The van der Waals surface area contributed by atoms with Crippen molar-refractivity contribution in [3.63, 3.8) is 0 Å². The van der Waals surface area contributed by atoms with E-state index >= 15 is 0 Å². The van der Waals surface area contributed by atoms with E-state index in [2.05, 4.69) is 15.3 Å². The molecule has 4 heteroatoms. The van der Waals surface area contributed by atoms with Gasteiger partial charge in [-0.2, -0.15) is 0 Å². The summed E-state index contributed by atoms with van der Waals surface area (Å²) < 4.78 is 0. The van der Waals surface area contributed by atoms with E-state index < -0.39 is 0 Å². The van der Waals surface area contributed by atoms with Gasteiger partial charge in [0.2, 0.25) is 0 Å². The molecule has 0 saturated heterocycles. The van der Waals surface area contributed by atoms with Crippen molar-refractivity contribution in [3.8, 4) is 0 Å². The fourth-order valence-electron chi connectivity index (χ4n) is 1.48. The number of aromatic nitrogens is 2. The van der Waals surface area contributed by atoms with Crippen LogP contribution >= 0.6 is 0 Å². The Labute approximate surface area is 99.7 Å². The van der Waals surface area contributed by atoms with E-state index in [-0.39, 0.29) is 5.91 Å². The van der Waals surface area contributed by atoms with Crippen molar-refractivity contribution in [2.75, 3.05) is 5.32 Å². The lowest BCUT2D eigenvalue weighted by molar-refractivity contribution is 0.102. The lowest BCUT2D eigenvalue weighted by Gasteiger charge is -2.06. The van der Waals surface area contributed by atoms with Crippen molar-refractivity contribution in [1.82, 2.24) is 9.97 Å². The summed E-state index contributed by atoms with van der Waals surface area (Å²) in [6, 6.07) is 7.16. The first kappa shape index (κ1) is 11.3. The Kier molecular flexibility index (Phi) is 3.14. The van der Waals surface area contributed by atoms with Crippen molar-refractivity contribution < 1.29 is 4.79 Å². The van der Waals surface area contributed by atoms with Gasteiger partial charge < -0.3 is 5.32 Å². The van der Waals surface area contributed by atoms with Gasteiger partial charge in [-0.3, -0.25) is 9.78 Å². The van der Waals surface area contributed by atoms with Crippen LogP contribution in [-0.4, -0.2) is 15.9 Å². The molecule has 2 rings (SSSR count). The number of aryl methyl sites for hydroxylation is 2. The third-order valence-electron chi connectivity index (χ3n) is 2.40. The summed E-state index contributed by atoms with van der Waals surface area (Å²) >= 11 is 0. The number of hydrogen-bond acceptors (Lipinski definition) is 3. The maximum atomic E-state index is 11.9. The number of carbonyl (C=O) groups is 1. The molecule has 1 N–H and O–H groups in total. The summed E-state index contributed by atoms with van der Waals surface area (Å²) in [5.74, 6) is 0.421. The number of amides is 1. The number of anilines is 1. The Hall–Kier alpha value is -2.23. The molecule has 1 amide bonds. The van der Waals surface area contributed by atoms with Crippen LogP contribution < -0.4 is 5.32 Å². The van der Waals surface area contributed by atoms with E-state index in [1.807, 2.05) is 26.0 Å². The molecule has 0 radical (unpaired) electrons. The Morgan fingerprint density at radius 2 is 2.00 bits per heavy atom. The van der Waals surface area contributed by atoms with E-state index in [0.717, 1.165) is 11.3 Å². The first-order chi connectivity index (χ1) is 8.16. The van der Waals surface area contributed by atoms with Crippen LogP contribution in [0, 0.1) is 13.8 Å². The summed E-state index contributed by atoms with van der Waals surface area (Å²) in [7, 11) is 0. The monoisotopic (exact) mass is 227 g/mol. The summed E-state index contributed by atoms with van der Waals surface area (Å²) in [5, 5.41) is 2.78. The third kappa shape index (κ3) is 2.66. The number of carbonyl (C=O) groups excluding carboxylic acids is 1. The van der Waals surface area contributed by atoms with Crippen molar-refractivity contribution in [1.29, 1.82) is 0 Å². The zero-order valence-corrected chi connectivity index (χ0v) is 9.77. The van der Waals surface area contributed by atoms with Crippen LogP contribution in [-0.2, 0) is 0 Å². The molecule has 0 aliphatic carbocycles. The molecule has 4 nitrogen and oxygen atoms in total. The van der Waals surface area contributed by atoms with Crippen molar-refractivity contribution in [2.45, 2.75) is 13.8 Å². The van der Waals surface area contributed by atoms with Gasteiger partial charge in [0.15, 0.2) is 0 Å². The predicted octanol–water partition coefficient (Wildman–Crippen LogP) is 2.35. The van der Waals surface area contributed by atoms with Gasteiger partial charge in [-0.1, -0.05) is 6.07 Å². The highest BCUT2D eigenvalue weighted by molar-refractivity contribution is 6.04. The first-order valence-corrected chi connectivity index (χ1v) is 5.32. The van der Waals surface area contributed by atoms with Crippen LogP contribution in [0.3, 0.4) is 0 Å². The zero-order valence-electron chi connectivity index (χ0n) is 9.77. The molecular formula is C13H13N3O. The van der Waals surface area contributed by atoms with Crippen LogP contribution in [0.25, 0.3) is 0 Å². The fourth-order valence-corrected chi connectivity index (χ4v) is 1.48. The van der Waals surface area contributed by atoms with Crippen molar-refractivity contribution in [2.24, 2.45) is 0 Å². The third-order valence-corrected chi connectivity index (χ3v) is 2.40. The molecule has 0 spiro atoms. The summed E-state index contributed by atoms with van der Waals surface area (Å²) in [5.41, 5.74) is 2.34. The van der Waals surface area contributed by atoms with Crippen LogP contribution in [0.5, 0.6) is 0 Å². The second-order valence-electron chi connectivity index (χ2n) is 3.81. The minimum absolute atomic E-state index is 0.169. The van der Waals surface area contributed by atoms with Gasteiger partial charge in [-0.05, 0) is 37.6 Å². The Morgan fingerprint density at radius 1 is 1.18 bits per heavy atom. The maximum absolute atomic E-state index is 11.9. The highest BCUT2D eigenvalue weighted by Crippen LogP contribution is 2.11. The first-order valence-electron chi connectivity index (χ1n) is 5.32. The van der Waals surface area contributed by atoms with Crippen molar-refractivity contribution >= 4 is 11.7 Å². The molecule has 2 aromatic rings. The number of nitrogens with one attached hydrogen (secondary N) is 1. The van der Waals surface area contributed by atoms with E-state index in [0.29, 0.717) is 11.4 Å². The molecular weight excluding hydrogens is 214 g/mol. The highest BCUT2D eigenvalue weighted by Gasteiger charge is 2.08. The van der Waals surface area contributed by atoms with E-state index in [9.17, 15) is 4.79 Å². The molecule has 0 aliphatic heterocycles. The highest BCUT2D eigenvalue weighted by atomic mass is 16.1. The zero-order chi connectivity index (χ0) is 12.3. The fraction of sp³-hybridized carbons (Fsp3) is 0.154. The molecule has 2 heterocycles. The van der Waals surface area contributed by atoms with E-state index in [1.165, 1.54) is 0 Å². The van der Waals surface area contributed by atoms with Crippen LogP contribution in [0.15, 0.2) is 36.7 Å². The second-order valence-corrected chi connectivity index (χ2v) is 3.81. The van der Waals surface area contributed by atoms with Gasteiger partial charge in [-0.25, -0.2) is 4.98 Å². The van der Waals surface area contributed by atoms with Gasteiger partial charge in [0.1, 0.15) is 5.82 Å². The normalized spacial score (nSPS) is 10.0. The molecule has 0 atom stereocenters. The van der Waals surface area contributed by atoms with Crippen LogP contribution in [0.4, 0.5) is 5.82 Å². The maximum Gasteiger partial charge on any atom is 0.256 e. The Balaban J connectivity index is 2.20. The number of nitrogens with zero attached hydrogens (tertiary/aromatic N) is 2. The van der Waals surface area contributed by atoms with E-state index in [1.54, 1.807) is 24.5 Å². The van der Waals surface area contributed by atoms with Gasteiger partial charge in [0.05, 0.1) is 0 Å². The molecule has 0 aromatic carbocycles. The molecule has 0 fully saturated rings. The predicted molar refractivity (Wildman–Crippen MR) is 65.9 cm³/mol. The lowest BCUT2D eigenvalue weighted by atomic mass is 10.2.